The molecule has 0 fully saturated rings. The number of nitrogen functional groups attached to an aromatic ring is 1. The number of nitrogens with one attached hydrogen (secondary N) is 2. The van der Waals surface area contributed by atoms with E-state index in [0.29, 0.717) is 6.54 Å². The van der Waals surface area contributed by atoms with E-state index in [2.05, 4.69) is 25.0 Å². The van der Waals surface area contributed by atoms with Crippen molar-refractivity contribution in [3.05, 3.63) is 5.28 Å². The molecule has 0 spiro atoms. The van der Waals surface area contributed by atoms with Crippen molar-refractivity contribution in [1.29, 1.82) is 0 Å². The summed E-state index contributed by atoms with van der Waals surface area (Å²) in [5.41, 5.74) is 5.33. The van der Waals surface area contributed by atoms with Gasteiger partial charge in [-0.3, -0.25) is 0 Å². The lowest BCUT2D eigenvalue weighted by atomic mass is 10.6. The molecule has 0 unspecified atom stereocenters. The second-order valence-electron chi connectivity index (χ2n) is 2.88. The molecule has 4 N–H and O–H groups in total. The molecule has 0 aliphatic carbocycles. The highest BCUT2D eigenvalue weighted by atomic mass is 35.5. The molecule has 1 heterocycles. The third-order valence-corrected chi connectivity index (χ3v) is 2.30. The fraction of sp³-hybridized carbons (Fsp3) is 0.500. The molecule has 10 heteroatoms. The molecule has 0 aliphatic rings. The Labute approximate surface area is 97.7 Å². The molecule has 0 saturated heterocycles. The Balaban J connectivity index is 2.43. The van der Waals surface area contributed by atoms with E-state index in [4.69, 9.17) is 17.3 Å². The molecule has 0 saturated carbocycles. The van der Waals surface area contributed by atoms with Crippen LogP contribution in [0.1, 0.15) is 0 Å². The molecular formula is C6H11ClN6O2S. The van der Waals surface area contributed by atoms with Crippen molar-refractivity contribution in [2.24, 2.45) is 0 Å². The summed E-state index contributed by atoms with van der Waals surface area (Å²) in [7, 11) is -3.19. The number of nitrogens with zero attached hydrogens (tertiary/aromatic N) is 3. The second-order valence-corrected chi connectivity index (χ2v) is 5.05. The van der Waals surface area contributed by atoms with Crippen LogP contribution in [0.4, 0.5) is 11.9 Å². The average Bonchev–Trinajstić information content (AvgIpc) is 2.09. The Bertz CT molecular complexity index is 444. The normalized spacial score (nSPS) is 11.4. The second kappa shape index (κ2) is 5.23. The molecule has 1 aromatic rings. The van der Waals surface area contributed by atoms with Crippen LogP contribution in [0.5, 0.6) is 0 Å². The van der Waals surface area contributed by atoms with Gasteiger partial charge in [-0.25, -0.2) is 13.1 Å². The van der Waals surface area contributed by atoms with E-state index >= 15 is 0 Å². The Morgan fingerprint density at radius 3 is 2.56 bits per heavy atom. The van der Waals surface area contributed by atoms with Gasteiger partial charge in [0.25, 0.3) is 0 Å². The Morgan fingerprint density at radius 1 is 1.31 bits per heavy atom. The maximum absolute atomic E-state index is 10.7. The number of aromatic nitrogens is 3. The van der Waals surface area contributed by atoms with Crippen molar-refractivity contribution in [1.82, 2.24) is 19.7 Å². The zero-order valence-electron chi connectivity index (χ0n) is 8.44. The molecular weight excluding hydrogens is 256 g/mol. The number of sulfonamides is 1. The van der Waals surface area contributed by atoms with E-state index in [1.807, 2.05) is 0 Å². The molecule has 1 rings (SSSR count). The highest BCUT2D eigenvalue weighted by Gasteiger charge is 2.02. The van der Waals surface area contributed by atoms with Crippen molar-refractivity contribution >= 4 is 33.5 Å². The van der Waals surface area contributed by atoms with Gasteiger partial charge in [0.05, 0.1) is 6.26 Å². The highest BCUT2D eigenvalue weighted by molar-refractivity contribution is 7.88. The molecule has 1 aromatic heterocycles. The van der Waals surface area contributed by atoms with Crippen molar-refractivity contribution in [2.75, 3.05) is 30.4 Å². The third-order valence-electron chi connectivity index (χ3n) is 1.40. The number of halogens is 1. The largest absolute Gasteiger partial charge is 0.368 e. The molecule has 16 heavy (non-hydrogen) atoms. The third kappa shape index (κ3) is 5.05. The summed E-state index contributed by atoms with van der Waals surface area (Å²) in [6.07, 6.45) is 1.07. The average molecular weight is 267 g/mol. The maximum atomic E-state index is 10.7. The van der Waals surface area contributed by atoms with Crippen LogP contribution >= 0.6 is 11.6 Å². The predicted molar refractivity (Wildman–Crippen MR) is 60.6 cm³/mol. The first-order valence-corrected chi connectivity index (χ1v) is 6.49. The Kier molecular flexibility index (Phi) is 4.21. The van der Waals surface area contributed by atoms with Crippen LogP contribution in [-0.2, 0) is 10.0 Å². The van der Waals surface area contributed by atoms with Crippen LogP contribution in [-0.4, -0.2) is 42.7 Å². The van der Waals surface area contributed by atoms with Crippen LogP contribution in [0.15, 0.2) is 0 Å². The lowest BCUT2D eigenvalue weighted by Gasteiger charge is -2.05. The topological polar surface area (TPSA) is 123 Å². The van der Waals surface area contributed by atoms with Crippen LogP contribution in [0, 0.1) is 0 Å². The quantitative estimate of drug-likeness (QED) is 0.588. The van der Waals surface area contributed by atoms with Crippen LogP contribution in [0.3, 0.4) is 0 Å². The van der Waals surface area contributed by atoms with Gasteiger partial charge in [0.15, 0.2) is 0 Å². The van der Waals surface area contributed by atoms with Gasteiger partial charge >= 0.3 is 0 Å². The van der Waals surface area contributed by atoms with Gasteiger partial charge in [-0.1, -0.05) is 0 Å². The standard InChI is InChI=1S/C6H11ClN6O2S/c1-16(14,15)10-3-2-9-6-12-4(7)11-5(8)13-6/h10H,2-3H2,1H3,(H3,8,9,11,12,13). The number of hydrogen-bond donors (Lipinski definition) is 3. The van der Waals surface area contributed by atoms with E-state index < -0.39 is 10.0 Å². The molecule has 90 valence electrons. The van der Waals surface area contributed by atoms with E-state index in [0.717, 1.165) is 6.26 Å². The summed E-state index contributed by atoms with van der Waals surface area (Å²) < 4.78 is 23.8. The van der Waals surface area contributed by atoms with E-state index in [1.54, 1.807) is 0 Å². The van der Waals surface area contributed by atoms with Crippen LogP contribution in [0.25, 0.3) is 0 Å². The Hall–Kier alpha value is -1.19. The first kappa shape index (κ1) is 12.9. The van der Waals surface area contributed by atoms with Crippen molar-refractivity contribution < 1.29 is 8.42 Å². The number of rotatable bonds is 5. The summed E-state index contributed by atoms with van der Waals surface area (Å²) in [5.74, 6) is 0.200. The fourth-order valence-corrected chi connectivity index (χ4v) is 1.49. The summed E-state index contributed by atoms with van der Waals surface area (Å²) in [4.78, 5) is 11.1. The van der Waals surface area contributed by atoms with Crippen LogP contribution < -0.4 is 15.8 Å². The minimum absolute atomic E-state index is 0.00132. The number of nitrogens with two attached hydrogens (primary N) is 1. The molecule has 0 amide bonds. The smallest absolute Gasteiger partial charge is 0.228 e. The predicted octanol–water partition coefficient (Wildman–Crippen LogP) is -0.932. The first-order chi connectivity index (χ1) is 7.37. The molecule has 0 radical (unpaired) electrons. The summed E-state index contributed by atoms with van der Waals surface area (Å²) in [6.45, 7) is 0.523. The zero-order chi connectivity index (χ0) is 12.2. The van der Waals surface area contributed by atoms with Gasteiger partial charge in [-0.15, -0.1) is 0 Å². The van der Waals surface area contributed by atoms with E-state index in [-0.39, 0.29) is 23.7 Å². The Morgan fingerprint density at radius 2 is 2.00 bits per heavy atom. The lowest BCUT2D eigenvalue weighted by Crippen LogP contribution is -2.28. The van der Waals surface area contributed by atoms with Crippen LogP contribution in [0.2, 0.25) is 5.28 Å². The molecule has 0 bridgehead atoms. The van der Waals surface area contributed by atoms with Gasteiger partial charge < -0.3 is 11.1 Å². The van der Waals surface area contributed by atoms with Gasteiger partial charge in [0.2, 0.25) is 27.2 Å². The van der Waals surface area contributed by atoms with Gasteiger partial charge in [0.1, 0.15) is 0 Å². The maximum Gasteiger partial charge on any atom is 0.228 e. The van der Waals surface area contributed by atoms with Crippen molar-refractivity contribution in [3.63, 3.8) is 0 Å². The zero-order valence-corrected chi connectivity index (χ0v) is 10.0. The summed E-state index contributed by atoms with van der Waals surface area (Å²) >= 11 is 5.54. The molecule has 8 nitrogen and oxygen atoms in total. The minimum atomic E-state index is -3.19. The first-order valence-electron chi connectivity index (χ1n) is 4.22. The van der Waals surface area contributed by atoms with E-state index in [9.17, 15) is 8.42 Å². The number of hydrogen-bond acceptors (Lipinski definition) is 7. The summed E-state index contributed by atoms with van der Waals surface area (Å²) in [5, 5.41) is 2.72. The van der Waals surface area contributed by atoms with Gasteiger partial charge in [0, 0.05) is 13.1 Å². The highest BCUT2D eigenvalue weighted by Crippen LogP contribution is 2.05. The molecule has 0 atom stereocenters. The van der Waals surface area contributed by atoms with Gasteiger partial charge in [-0.2, -0.15) is 15.0 Å². The van der Waals surface area contributed by atoms with Gasteiger partial charge in [-0.05, 0) is 11.6 Å². The monoisotopic (exact) mass is 266 g/mol. The SMILES string of the molecule is CS(=O)(=O)NCCNc1nc(N)nc(Cl)n1. The minimum Gasteiger partial charge on any atom is -0.368 e. The fourth-order valence-electron chi connectivity index (χ4n) is 0.855. The van der Waals surface area contributed by atoms with E-state index in [1.165, 1.54) is 0 Å². The summed E-state index contributed by atoms with van der Waals surface area (Å²) in [6, 6.07) is 0. The number of anilines is 2. The molecule has 0 aromatic carbocycles. The van der Waals surface area contributed by atoms with Crippen molar-refractivity contribution in [2.45, 2.75) is 0 Å². The lowest BCUT2D eigenvalue weighted by molar-refractivity contribution is 0.589. The molecule has 0 aliphatic heterocycles. The van der Waals surface area contributed by atoms with Crippen molar-refractivity contribution in [3.8, 4) is 0 Å².